The number of carbonyl (C=O) groups excluding carboxylic acids is 2. The van der Waals surface area contributed by atoms with Crippen LogP contribution in [0.15, 0.2) is 24.3 Å². The van der Waals surface area contributed by atoms with Gasteiger partial charge in [-0.3, -0.25) is 9.59 Å². The number of amides is 2. The second-order valence-electron chi connectivity index (χ2n) is 6.56. The molecule has 1 saturated carbocycles. The Balaban J connectivity index is 1.77. The quantitative estimate of drug-likeness (QED) is 0.909. The van der Waals surface area contributed by atoms with E-state index in [0.717, 1.165) is 24.9 Å². The van der Waals surface area contributed by atoms with E-state index in [2.05, 4.69) is 25.2 Å². The third-order valence-electron chi connectivity index (χ3n) is 4.79. The van der Waals surface area contributed by atoms with Crippen molar-refractivity contribution in [1.82, 2.24) is 5.32 Å². The molecule has 2 atom stereocenters. The predicted molar refractivity (Wildman–Crippen MR) is 86.8 cm³/mol. The first-order valence-corrected chi connectivity index (χ1v) is 8.29. The smallest absolute Gasteiger partial charge is 0.227 e. The van der Waals surface area contributed by atoms with E-state index >= 15 is 0 Å². The van der Waals surface area contributed by atoms with Crippen molar-refractivity contribution in [1.29, 1.82) is 0 Å². The first-order chi connectivity index (χ1) is 10.6. The molecule has 1 aromatic rings. The molecular formula is C18H24N2O2. The van der Waals surface area contributed by atoms with Gasteiger partial charge in [-0.15, -0.1) is 0 Å². The molecule has 1 heterocycles. The van der Waals surface area contributed by atoms with Crippen molar-refractivity contribution in [3.8, 4) is 0 Å². The van der Waals surface area contributed by atoms with Gasteiger partial charge in [0.05, 0.1) is 5.92 Å². The Morgan fingerprint density at radius 1 is 1.36 bits per heavy atom. The monoisotopic (exact) mass is 300 g/mol. The molecule has 1 aliphatic heterocycles. The number of benzene rings is 1. The van der Waals surface area contributed by atoms with E-state index < -0.39 is 0 Å². The molecule has 0 aromatic heterocycles. The molecule has 0 radical (unpaired) electrons. The van der Waals surface area contributed by atoms with Gasteiger partial charge < -0.3 is 10.2 Å². The summed E-state index contributed by atoms with van der Waals surface area (Å²) in [5.74, 6) is 0.299. The lowest BCUT2D eigenvalue weighted by Gasteiger charge is -2.23. The molecular weight excluding hydrogens is 276 g/mol. The van der Waals surface area contributed by atoms with Gasteiger partial charge in [0.15, 0.2) is 0 Å². The first kappa shape index (κ1) is 15.1. The Morgan fingerprint density at radius 3 is 2.77 bits per heavy atom. The molecule has 22 heavy (non-hydrogen) atoms. The molecule has 0 bridgehead atoms. The average Bonchev–Trinajstić information content (AvgIpc) is 3.26. The number of hydrogen-bond acceptors (Lipinski definition) is 2. The number of nitrogens with one attached hydrogen (secondary N) is 1. The molecule has 2 amide bonds. The third kappa shape index (κ3) is 3.01. The highest BCUT2D eigenvalue weighted by Crippen LogP contribution is 2.33. The summed E-state index contributed by atoms with van der Waals surface area (Å²) in [6, 6.07) is 8.42. The summed E-state index contributed by atoms with van der Waals surface area (Å²) in [5.41, 5.74) is 2.17. The normalized spacial score (nSPS) is 22.7. The first-order valence-electron chi connectivity index (χ1n) is 8.29. The summed E-state index contributed by atoms with van der Waals surface area (Å²) in [5, 5.41) is 3.02. The van der Waals surface area contributed by atoms with Crippen LogP contribution in [-0.4, -0.2) is 24.4 Å². The van der Waals surface area contributed by atoms with Crippen LogP contribution in [0.5, 0.6) is 0 Å². The Kier molecular flexibility index (Phi) is 4.19. The van der Waals surface area contributed by atoms with Crippen LogP contribution < -0.4 is 10.2 Å². The summed E-state index contributed by atoms with van der Waals surface area (Å²) >= 11 is 0. The van der Waals surface area contributed by atoms with Gasteiger partial charge in [0, 0.05) is 24.7 Å². The number of carbonyl (C=O) groups is 2. The van der Waals surface area contributed by atoms with Crippen molar-refractivity contribution in [2.75, 3.05) is 11.4 Å². The van der Waals surface area contributed by atoms with Crippen LogP contribution in [0.3, 0.4) is 0 Å². The molecule has 118 valence electrons. The highest BCUT2D eigenvalue weighted by molar-refractivity contribution is 6.01. The highest BCUT2D eigenvalue weighted by atomic mass is 16.2. The van der Waals surface area contributed by atoms with E-state index in [1.165, 1.54) is 5.56 Å². The molecule has 1 aromatic carbocycles. The summed E-state index contributed by atoms with van der Waals surface area (Å²) in [6.07, 6.45) is 3.51. The van der Waals surface area contributed by atoms with E-state index in [4.69, 9.17) is 0 Å². The van der Waals surface area contributed by atoms with Gasteiger partial charge in [-0.2, -0.15) is 0 Å². The second kappa shape index (κ2) is 6.11. The van der Waals surface area contributed by atoms with E-state index in [1.807, 2.05) is 18.2 Å². The predicted octanol–water partition coefficient (Wildman–Crippen LogP) is 2.83. The zero-order valence-corrected chi connectivity index (χ0v) is 13.3. The number of rotatable bonds is 5. The molecule has 3 rings (SSSR count). The van der Waals surface area contributed by atoms with Gasteiger partial charge in [0.1, 0.15) is 0 Å². The number of hydrogen-bond donors (Lipinski definition) is 1. The van der Waals surface area contributed by atoms with Crippen LogP contribution in [0.1, 0.15) is 51.0 Å². The Bertz CT molecular complexity index is 580. The Labute approximate surface area is 131 Å². The maximum Gasteiger partial charge on any atom is 0.227 e. The summed E-state index contributed by atoms with van der Waals surface area (Å²) < 4.78 is 0. The largest absolute Gasteiger partial charge is 0.353 e. The molecule has 4 nitrogen and oxygen atoms in total. The molecule has 1 aliphatic carbocycles. The average molecular weight is 300 g/mol. The minimum atomic E-state index is -0.210. The summed E-state index contributed by atoms with van der Waals surface area (Å²) in [4.78, 5) is 26.4. The lowest BCUT2D eigenvalue weighted by molar-refractivity contribution is -0.126. The molecule has 1 N–H and O–H groups in total. The van der Waals surface area contributed by atoms with Crippen LogP contribution >= 0.6 is 0 Å². The second-order valence-corrected chi connectivity index (χ2v) is 6.56. The Hall–Kier alpha value is -1.84. The molecule has 2 fully saturated rings. The summed E-state index contributed by atoms with van der Waals surface area (Å²) in [7, 11) is 0. The topological polar surface area (TPSA) is 49.4 Å². The molecule has 2 unspecified atom stereocenters. The minimum absolute atomic E-state index is 0.0411. The van der Waals surface area contributed by atoms with Crippen molar-refractivity contribution >= 4 is 17.5 Å². The highest BCUT2D eigenvalue weighted by Gasteiger charge is 2.37. The fourth-order valence-corrected chi connectivity index (χ4v) is 3.03. The van der Waals surface area contributed by atoms with Crippen LogP contribution in [0, 0.1) is 5.92 Å². The molecule has 4 heteroatoms. The van der Waals surface area contributed by atoms with Gasteiger partial charge in [-0.1, -0.05) is 32.0 Å². The maximum atomic E-state index is 12.4. The lowest BCUT2D eigenvalue weighted by Crippen LogP contribution is -2.34. The molecule has 0 spiro atoms. The van der Waals surface area contributed by atoms with Crippen molar-refractivity contribution in [3.63, 3.8) is 0 Å². The van der Waals surface area contributed by atoms with Gasteiger partial charge in [-0.05, 0) is 36.8 Å². The fourth-order valence-electron chi connectivity index (χ4n) is 3.03. The lowest BCUT2D eigenvalue weighted by atomic mass is 9.96. The van der Waals surface area contributed by atoms with Crippen LogP contribution in [0.2, 0.25) is 0 Å². The van der Waals surface area contributed by atoms with Crippen molar-refractivity contribution in [2.45, 2.75) is 51.5 Å². The van der Waals surface area contributed by atoms with Crippen LogP contribution in [0.25, 0.3) is 0 Å². The van der Waals surface area contributed by atoms with Crippen LogP contribution in [0.4, 0.5) is 5.69 Å². The number of para-hydroxylation sites is 1. The van der Waals surface area contributed by atoms with E-state index in [0.29, 0.717) is 24.9 Å². The summed E-state index contributed by atoms with van der Waals surface area (Å²) in [6.45, 7) is 4.83. The third-order valence-corrected chi connectivity index (χ3v) is 4.79. The zero-order valence-electron chi connectivity index (χ0n) is 13.3. The van der Waals surface area contributed by atoms with E-state index in [-0.39, 0.29) is 17.7 Å². The van der Waals surface area contributed by atoms with Gasteiger partial charge in [0.25, 0.3) is 0 Å². The van der Waals surface area contributed by atoms with Gasteiger partial charge >= 0.3 is 0 Å². The van der Waals surface area contributed by atoms with Gasteiger partial charge in [-0.25, -0.2) is 0 Å². The van der Waals surface area contributed by atoms with Crippen molar-refractivity contribution in [2.24, 2.45) is 5.92 Å². The van der Waals surface area contributed by atoms with Crippen molar-refractivity contribution in [3.05, 3.63) is 29.8 Å². The Morgan fingerprint density at radius 2 is 2.09 bits per heavy atom. The molecule has 2 aliphatic rings. The zero-order chi connectivity index (χ0) is 15.7. The van der Waals surface area contributed by atoms with Crippen molar-refractivity contribution < 1.29 is 9.59 Å². The minimum Gasteiger partial charge on any atom is -0.353 e. The molecule has 1 saturated heterocycles. The van der Waals surface area contributed by atoms with Crippen LogP contribution in [-0.2, 0) is 9.59 Å². The van der Waals surface area contributed by atoms with E-state index in [9.17, 15) is 9.59 Å². The standard InChI is InChI=1S/C18H24N2O2/c1-3-12(2)15-6-4-5-7-16(15)20-11-13(10-17(20)21)18(22)19-14-8-9-14/h4-7,12-14H,3,8-11H2,1-2H3,(H,19,22). The SMILES string of the molecule is CCC(C)c1ccccc1N1CC(C(=O)NC2CC2)CC1=O. The fraction of sp³-hybridized carbons (Fsp3) is 0.556. The van der Waals surface area contributed by atoms with Gasteiger partial charge in [0.2, 0.25) is 11.8 Å². The maximum absolute atomic E-state index is 12.4. The van der Waals surface area contributed by atoms with E-state index in [1.54, 1.807) is 4.90 Å². The number of nitrogens with zero attached hydrogens (tertiary/aromatic N) is 1. The number of anilines is 1.